The van der Waals surface area contributed by atoms with E-state index in [0.29, 0.717) is 35.3 Å². The maximum absolute atomic E-state index is 12.2. The van der Waals surface area contributed by atoms with Crippen LogP contribution < -0.4 is 10.6 Å². The molecule has 0 spiro atoms. The Morgan fingerprint density at radius 3 is 1.50 bits per heavy atom. The molecule has 4 N–H and O–H groups in total. The van der Waals surface area contributed by atoms with Gasteiger partial charge < -0.3 is 20.6 Å². The zero-order chi connectivity index (χ0) is 19.7. The number of amides is 2. The molecule has 2 heterocycles. The Hall–Kier alpha value is -4.20. The molecule has 0 saturated heterocycles. The van der Waals surface area contributed by atoms with Crippen LogP contribution in [0.15, 0.2) is 48.5 Å². The third-order valence-electron chi connectivity index (χ3n) is 4.26. The predicted octanol–water partition coefficient (Wildman–Crippen LogP) is 2.85. The number of rotatable bonds is 4. The summed E-state index contributed by atoms with van der Waals surface area (Å²) in [6.45, 7) is 0. The van der Waals surface area contributed by atoms with Gasteiger partial charge in [-0.1, -0.05) is 0 Å². The highest BCUT2D eigenvalue weighted by Gasteiger charge is 2.15. The Bertz CT molecular complexity index is 1150. The molecule has 138 valence electrons. The highest BCUT2D eigenvalue weighted by molar-refractivity contribution is 6.43. The van der Waals surface area contributed by atoms with Crippen molar-refractivity contribution in [1.29, 1.82) is 0 Å². The summed E-state index contributed by atoms with van der Waals surface area (Å²) in [4.78, 5) is 51.9. The summed E-state index contributed by atoms with van der Waals surface area (Å²) in [5, 5.41) is 6.53. The van der Waals surface area contributed by atoms with Crippen molar-refractivity contribution in [3.63, 3.8) is 0 Å². The van der Waals surface area contributed by atoms with Gasteiger partial charge >= 0.3 is 11.8 Å². The molecule has 0 aliphatic carbocycles. The van der Waals surface area contributed by atoms with Crippen molar-refractivity contribution in [2.45, 2.75) is 0 Å². The average Bonchev–Trinajstić information content (AvgIpc) is 3.30. The molecule has 0 saturated carbocycles. The van der Waals surface area contributed by atoms with Crippen LogP contribution in [-0.4, -0.2) is 34.4 Å². The molecule has 8 nitrogen and oxygen atoms in total. The third-order valence-corrected chi connectivity index (χ3v) is 4.26. The summed E-state index contributed by atoms with van der Waals surface area (Å²) in [5.74, 6) is -1.65. The van der Waals surface area contributed by atoms with E-state index in [1.165, 1.54) is 0 Å². The summed E-state index contributed by atoms with van der Waals surface area (Å²) in [5.41, 5.74) is 3.21. The molecule has 4 rings (SSSR count). The van der Waals surface area contributed by atoms with Crippen LogP contribution in [0.1, 0.15) is 21.0 Å². The molecule has 0 aliphatic heterocycles. The fourth-order valence-electron chi connectivity index (χ4n) is 2.97. The van der Waals surface area contributed by atoms with Gasteiger partial charge in [-0.15, -0.1) is 0 Å². The minimum absolute atomic E-state index is 0.425. The summed E-state index contributed by atoms with van der Waals surface area (Å²) in [6, 6.07) is 13.3. The molecule has 2 aromatic heterocycles. The summed E-state index contributed by atoms with van der Waals surface area (Å²) in [6.07, 6.45) is 1.40. The van der Waals surface area contributed by atoms with Crippen molar-refractivity contribution >= 4 is 57.6 Å². The van der Waals surface area contributed by atoms with Gasteiger partial charge in [-0.05, 0) is 48.5 Å². The van der Waals surface area contributed by atoms with Crippen molar-refractivity contribution < 1.29 is 19.2 Å². The lowest BCUT2D eigenvalue weighted by Crippen LogP contribution is -2.29. The molecule has 0 fully saturated rings. The van der Waals surface area contributed by atoms with Gasteiger partial charge in [0.1, 0.15) is 0 Å². The lowest BCUT2D eigenvalue weighted by atomic mass is 10.2. The third kappa shape index (κ3) is 3.26. The first-order valence-corrected chi connectivity index (χ1v) is 8.34. The smallest absolute Gasteiger partial charge is 0.314 e. The Morgan fingerprint density at radius 2 is 1.11 bits per heavy atom. The van der Waals surface area contributed by atoms with Crippen LogP contribution in [0, 0.1) is 0 Å². The number of nitrogens with one attached hydrogen (secondary N) is 4. The van der Waals surface area contributed by atoms with Gasteiger partial charge in [0.15, 0.2) is 12.6 Å². The summed E-state index contributed by atoms with van der Waals surface area (Å²) >= 11 is 0. The second-order valence-electron chi connectivity index (χ2n) is 6.20. The summed E-state index contributed by atoms with van der Waals surface area (Å²) < 4.78 is 0. The van der Waals surface area contributed by atoms with Crippen molar-refractivity contribution in [3.8, 4) is 0 Å². The van der Waals surface area contributed by atoms with Gasteiger partial charge in [0.05, 0.1) is 11.4 Å². The first-order chi connectivity index (χ1) is 13.6. The monoisotopic (exact) mass is 374 g/mol. The average molecular weight is 374 g/mol. The molecule has 0 aliphatic rings. The molecule has 4 aromatic rings. The van der Waals surface area contributed by atoms with E-state index in [-0.39, 0.29) is 0 Å². The number of hydrogen-bond donors (Lipinski definition) is 4. The minimum Gasteiger partial charge on any atom is -0.352 e. The normalized spacial score (nSPS) is 10.7. The predicted molar refractivity (Wildman–Crippen MR) is 105 cm³/mol. The molecule has 0 atom stereocenters. The van der Waals surface area contributed by atoms with Crippen molar-refractivity contribution in [2.24, 2.45) is 0 Å². The number of hydrogen-bond acceptors (Lipinski definition) is 4. The van der Waals surface area contributed by atoms with Gasteiger partial charge in [0.2, 0.25) is 0 Å². The fourth-order valence-corrected chi connectivity index (χ4v) is 2.97. The van der Waals surface area contributed by atoms with E-state index in [1.807, 2.05) is 0 Å². The molecular formula is C20H14N4O4. The zero-order valence-electron chi connectivity index (χ0n) is 14.4. The van der Waals surface area contributed by atoms with E-state index in [2.05, 4.69) is 20.6 Å². The molecule has 2 amide bonds. The molecule has 0 radical (unpaired) electrons. The Morgan fingerprint density at radius 1 is 0.679 bits per heavy atom. The number of aromatic amines is 2. The van der Waals surface area contributed by atoms with Crippen LogP contribution in [0.4, 0.5) is 11.4 Å². The van der Waals surface area contributed by atoms with Gasteiger partial charge in [-0.2, -0.15) is 0 Å². The standard InChI is InChI=1S/C20H14N4O4/c25-9-15-7-11-5-13(1-3-17(11)21-15)23-19(27)20(28)24-14-2-4-18-12(6-14)8-16(10-26)22-18/h1-10,21-22H,(H,23,27)(H,24,28). The Labute approximate surface area is 157 Å². The zero-order valence-corrected chi connectivity index (χ0v) is 14.4. The number of aldehydes is 2. The Balaban J connectivity index is 1.47. The maximum Gasteiger partial charge on any atom is 0.314 e. The van der Waals surface area contributed by atoms with E-state index in [0.717, 1.165) is 21.8 Å². The van der Waals surface area contributed by atoms with Crippen LogP contribution >= 0.6 is 0 Å². The highest BCUT2D eigenvalue weighted by Crippen LogP contribution is 2.21. The fraction of sp³-hybridized carbons (Fsp3) is 0. The second-order valence-corrected chi connectivity index (χ2v) is 6.20. The van der Waals surface area contributed by atoms with Crippen LogP contribution in [0.2, 0.25) is 0 Å². The maximum atomic E-state index is 12.2. The van der Waals surface area contributed by atoms with Crippen LogP contribution in [0.3, 0.4) is 0 Å². The number of benzene rings is 2. The quantitative estimate of drug-likeness (QED) is 0.324. The topological polar surface area (TPSA) is 124 Å². The van der Waals surface area contributed by atoms with E-state index in [9.17, 15) is 19.2 Å². The minimum atomic E-state index is -0.826. The summed E-state index contributed by atoms with van der Waals surface area (Å²) in [7, 11) is 0. The van der Waals surface area contributed by atoms with E-state index in [1.54, 1.807) is 48.5 Å². The van der Waals surface area contributed by atoms with Crippen LogP contribution in [-0.2, 0) is 9.59 Å². The molecular weight excluding hydrogens is 360 g/mol. The number of aromatic nitrogens is 2. The van der Waals surface area contributed by atoms with Gasteiger partial charge in [-0.3, -0.25) is 19.2 Å². The number of H-pyrrole nitrogens is 2. The number of carbonyl (C=O) groups excluding carboxylic acids is 4. The number of anilines is 2. The number of carbonyl (C=O) groups is 4. The lowest BCUT2D eigenvalue weighted by molar-refractivity contribution is -0.132. The first kappa shape index (κ1) is 17.2. The highest BCUT2D eigenvalue weighted by atomic mass is 16.2. The van der Waals surface area contributed by atoms with Crippen LogP contribution in [0.5, 0.6) is 0 Å². The van der Waals surface area contributed by atoms with E-state index >= 15 is 0 Å². The van der Waals surface area contributed by atoms with E-state index < -0.39 is 11.8 Å². The van der Waals surface area contributed by atoms with E-state index in [4.69, 9.17) is 0 Å². The number of fused-ring (bicyclic) bond motifs is 2. The van der Waals surface area contributed by atoms with Crippen molar-refractivity contribution in [3.05, 3.63) is 59.9 Å². The second kappa shape index (κ2) is 6.84. The van der Waals surface area contributed by atoms with Crippen LogP contribution in [0.25, 0.3) is 21.8 Å². The first-order valence-electron chi connectivity index (χ1n) is 8.34. The van der Waals surface area contributed by atoms with Crippen molar-refractivity contribution in [1.82, 2.24) is 9.97 Å². The van der Waals surface area contributed by atoms with Gasteiger partial charge in [-0.25, -0.2) is 0 Å². The Kier molecular flexibility index (Phi) is 4.21. The van der Waals surface area contributed by atoms with Gasteiger partial charge in [0.25, 0.3) is 0 Å². The molecule has 8 heteroatoms. The largest absolute Gasteiger partial charge is 0.352 e. The van der Waals surface area contributed by atoms with Gasteiger partial charge in [0, 0.05) is 33.2 Å². The molecule has 2 aromatic carbocycles. The lowest BCUT2D eigenvalue weighted by Gasteiger charge is -2.07. The molecule has 0 bridgehead atoms. The SMILES string of the molecule is O=Cc1cc2cc(NC(=O)C(=O)Nc3ccc4[nH]c(C=O)cc4c3)ccc2[nH]1. The molecule has 28 heavy (non-hydrogen) atoms. The molecule has 0 unspecified atom stereocenters. The van der Waals surface area contributed by atoms with Crippen molar-refractivity contribution in [2.75, 3.05) is 10.6 Å².